The van der Waals surface area contributed by atoms with E-state index >= 15 is 0 Å². The largest absolute Gasteiger partial charge is 0.389 e. The van der Waals surface area contributed by atoms with E-state index in [9.17, 15) is 13.5 Å². The summed E-state index contributed by atoms with van der Waals surface area (Å²) in [7, 11) is -3.44. The van der Waals surface area contributed by atoms with Gasteiger partial charge in [0.1, 0.15) is 0 Å². The molecule has 112 valence electrons. The van der Waals surface area contributed by atoms with Crippen LogP contribution in [-0.4, -0.2) is 30.9 Å². The second-order valence-corrected chi connectivity index (χ2v) is 7.63. The van der Waals surface area contributed by atoms with Gasteiger partial charge in [0.05, 0.1) is 11.0 Å². The van der Waals surface area contributed by atoms with Gasteiger partial charge in [0, 0.05) is 13.1 Å². The average Bonchev–Trinajstić information content (AvgIpc) is 2.64. The predicted octanol–water partition coefficient (Wildman–Crippen LogP) is 2.55. The summed E-state index contributed by atoms with van der Waals surface area (Å²) < 4.78 is 26.9. The van der Waals surface area contributed by atoms with Gasteiger partial charge in [0.15, 0.2) is 0 Å². The van der Waals surface area contributed by atoms with E-state index in [2.05, 4.69) is 6.92 Å². The first-order valence-electron chi connectivity index (χ1n) is 7.19. The van der Waals surface area contributed by atoms with Crippen molar-refractivity contribution in [1.29, 1.82) is 0 Å². The van der Waals surface area contributed by atoms with Crippen molar-refractivity contribution in [2.45, 2.75) is 44.1 Å². The summed E-state index contributed by atoms with van der Waals surface area (Å²) in [4.78, 5) is 0.283. The molecule has 1 aromatic carbocycles. The summed E-state index contributed by atoms with van der Waals surface area (Å²) in [6, 6.07) is 6.62. The third-order valence-electron chi connectivity index (χ3n) is 3.95. The first-order valence-corrected chi connectivity index (χ1v) is 8.63. The highest BCUT2D eigenvalue weighted by molar-refractivity contribution is 7.89. The predicted molar refractivity (Wildman–Crippen MR) is 78.8 cm³/mol. The van der Waals surface area contributed by atoms with Crippen LogP contribution in [0.5, 0.6) is 0 Å². The van der Waals surface area contributed by atoms with Crippen LogP contribution in [0.2, 0.25) is 0 Å². The standard InChI is InChI=1S/C15H23NO3S/c1-12-5-4-9-16(10-8-12)20(18,19)15-7-3-6-14(11-15)13(2)17/h3,6-7,11-13,17H,4-5,8-10H2,1-2H3. The van der Waals surface area contributed by atoms with Crippen LogP contribution in [0, 0.1) is 5.92 Å². The minimum atomic E-state index is -3.44. The number of aliphatic hydroxyl groups excluding tert-OH is 1. The molecule has 1 heterocycles. The van der Waals surface area contributed by atoms with Gasteiger partial charge in [-0.3, -0.25) is 0 Å². The molecule has 1 fully saturated rings. The van der Waals surface area contributed by atoms with Crippen LogP contribution in [-0.2, 0) is 10.0 Å². The van der Waals surface area contributed by atoms with Crippen LogP contribution in [0.25, 0.3) is 0 Å². The average molecular weight is 297 g/mol. The molecule has 0 spiro atoms. The maximum atomic E-state index is 12.7. The Hall–Kier alpha value is -0.910. The number of aliphatic hydroxyl groups is 1. The Morgan fingerprint density at radius 3 is 2.75 bits per heavy atom. The summed E-state index contributed by atoms with van der Waals surface area (Å²) in [6.45, 7) is 4.98. The van der Waals surface area contributed by atoms with Gasteiger partial charge in [-0.1, -0.05) is 19.1 Å². The lowest BCUT2D eigenvalue weighted by atomic mass is 10.0. The molecule has 2 unspecified atom stereocenters. The van der Waals surface area contributed by atoms with Gasteiger partial charge in [-0.15, -0.1) is 0 Å². The second-order valence-electron chi connectivity index (χ2n) is 5.69. The number of rotatable bonds is 3. The summed E-state index contributed by atoms with van der Waals surface area (Å²) in [5.74, 6) is 0.582. The first kappa shape index (κ1) is 15.5. The second kappa shape index (κ2) is 6.24. The quantitative estimate of drug-likeness (QED) is 0.933. The Morgan fingerprint density at radius 1 is 1.30 bits per heavy atom. The van der Waals surface area contributed by atoms with Crippen LogP contribution in [0.1, 0.15) is 44.8 Å². The van der Waals surface area contributed by atoms with Gasteiger partial charge in [-0.25, -0.2) is 8.42 Å². The Bertz CT molecular complexity index is 554. The number of sulfonamides is 1. The summed E-state index contributed by atoms with van der Waals surface area (Å²) in [6.07, 6.45) is 2.25. The lowest BCUT2D eigenvalue weighted by Gasteiger charge is -2.20. The topological polar surface area (TPSA) is 57.6 Å². The molecule has 1 N–H and O–H groups in total. The number of benzene rings is 1. The van der Waals surface area contributed by atoms with Crippen LogP contribution < -0.4 is 0 Å². The summed E-state index contributed by atoms with van der Waals surface area (Å²) in [5, 5.41) is 9.60. The fraction of sp³-hybridized carbons (Fsp3) is 0.600. The van der Waals surface area contributed by atoms with Crippen LogP contribution in [0.15, 0.2) is 29.2 Å². The third kappa shape index (κ3) is 3.40. The van der Waals surface area contributed by atoms with E-state index in [1.165, 1.54) is 0 Å². The van der Waals surface area contributed by atoms with Gasteiger partial charge < -0.3 is 5.11 Å². The molecule has 5 heteroatoms. The molecule has 2 atom stereocenters. The van der Waals surface area contributed by atoms with E-state index in [0.29, 0.717) is 24.6 Å². The number of nitrogens with zero attached hydrogens (tertiary/aromatic N) is 1. The van der Waals surface area contributed by atoms with Crippen molar-refractivity contribution in [2.75, 3.05) is 13.1 Å². The minimum Gasteiger partial charge on any atom is -0.389 e. The fourth-order valence-corrected chi connectivity index (χ4v) is 4.11. The number of hydrogen-bond donors (Lipinski definition) is 1. The van der Waals surface area contributed by atoms with Gasteiger partial charge in [-0.2, -0.15) is 4.31 Å². The molecule has 20 heavy (non-hydrogen) atoms. The smallest absolute Gasteiger partial charge is 0.243 e. The monoisotopic (exact) mass is 297 g/mol. The van der Waals surface area contributed by atoms with E-state index in [-0.39, 0.29) is 4.90 Å². The molecular weight excluding hydrogens is 274 g/mol. The molecular formula is C15H23NO3S. The van der Waals surface area contributed by atoms with Gasteiger partial charge in [0.25, 0.3) is 0 Å². The van der Waals surface area contributed by atoms with Gasteiger partial charge in [0.2, 0.25) is 10.0 Å². The summed E-state index contributed by atoms with van der Waals surface area (Å²) in [5.41, 5.74) is 0.634. The van der Waals surface area contributed by atoms with Crippen molar-refractivity contribution in [3.05, 3.63) is 29.8 Å². The van der Waals surface area contributed by atoms with Crippen molar-refractivity contribution in [1.82, 2.24) is 4.31 Å². The summed E-state index contributed by atoms with van der Waals surface area (Å²) >= 11 is 0. The van der Waals surface area contributed by atoms with Gasteiger partial charge >= 0.3 is 0 Å². The minimum absolute atomic E-state index is 0.283. The Kier molecular flexibility index (Phi) is 4.83. The highest BCUT2D eigenvalue weighted by atomic mass is 32.2. The third-order valence-corrected chi connectivity index (χ3v) is 5.85. The van der Waals surface area contributed by atoms with Gasteiger partial charge in [-0.05, 0) is 49.8 Å². The van der Waals surface area contributed by atoms with E-state index in [1.54, 1.807) is 35.5 Å². The SMILES string of the molecule is CC1CCCN(S(=O)(=O)c2cccc(C(C)O)c2)CC1. The molecule has 1 aliphatic rings. The molecule has 2 rings (SSSR count). The van der Waals surface area contributed by atoms with Crippen LogP contribution in [0.4, 0.5) is 0 Å². The molecule has 0 saturated carbocycles. The van der Waals surface area contributed by atoms with E-state index in [4.69, 9.17) is 0 Å². The van der Waals surface area contributed by atoms with Crippen molar-refractivity contribution in [3.63, 3.8) is 0 Å². The molecule has 1 aromatic rings. The molecule has 0 aliphatic carbocycles. The van der Waals surface area contributed by atoms with Crippen molar-refractivity contribution < 1.29 is 13.5 Å². The zero-order valence-electron chi connectivity index (χ0n) is 12.1. The Balaban J connectivity index is 2.27. The lowest BCUT2D eigenvalue weighted by molar-refractivity contribution is 0.199. The highest BCUT2D eigenvalue weighted by Crippen LogP contribution is 2.24. The lowest BCUT2D eigenvalue weighted by Crippen LogP contribution is -2.32. The molecule has 1 saturated heterocycles. The maximum Gasteiger partial charge on any atom is 0.243 e. The molecule has 0 radical (unpaired) electrons. The molecule has 0 amide bonds. The first-order chi connectivity index (χ1) is 9.41. The zero-order valence-corrected chi connectivity index (χ0v) is 12.9. The molecule has 4 nitrogen and oxygen atoms in total. The normalized spacial score (nSPS) is 23.2. The van der Waals surface area contributed by atoms with E-state index in [1.807, 2.05) is 0 Å². The van der Waals surface area contributed by atoms with E-state index < -0.39 is 16.1 Å². The fourth-order valence-electron chi connectivity index (χ4n) is 2.56. The highest BCUT2D eigenvalue weighted by Gasteiger charge is 2.26. The zero-order chi connectivity index (χ0) is 14.8. The van der Waals surface area contributed by atoms with Crippen LogP contribution >= 0.6 is 0 Å². The molecule has 1 aliphatic heterocycles. The van der Waals surface area contributed by atoms with E-state index in [0.717, 1.165) is 19.3 Å². The Morgan fingerprint density at radius 2 is 2.05 bits per heavy atom. The van der Waals surface area contributed by atoms with Crippen LogP contribution in [0.3, 0.4) is 0 Å². The molecule has 0 aromatic heterocycles. The number of hydrogen-bond acceptors (Lipinski definition) is 3. The van der Waals surface area contributed by atoms with Crippen molar-refractivity contribution in [3.8, 4) is 0 Å². The van der Waals surface area contributed by atoms with Crippen molar-refractivity contribution in [2.24, 2.45) is 5.92 Å². The maximum absolute atomic E-state index is 12.7. The van der Waals surface area contributed by atoms with Crippen molar-refractivity contribution >= 4 is 10.0 Å². The molecule has 0 bridgehead atoms. The Labute approximate surface area is 121 Å².